The zero-order valence-corrected chi connectivity index (χ0v) is 20.9. The lowest BCUT2D eigenvalue weighted by Crippen LogP contribution is -2.39. The topological polar surface area (TPSA) is 97.3 Å². The molecule has 0 aliphatic rings. The molecule has 0 saturated heterocycles. The molecular formula is C25H24F3N3O5S. The van der Waals surface area contributed by atoms with E-state index in [2.05, 4.69) is 10.5 Å². The van der Waals surface area contributed by atoms with Gasteiger partial charge in [-0.2, -0.15) is 18.3 Å². The largest absolute Gasteiger partial charge is 0.493 e. The molecule has 0 aliphatic heterocycles. The van der Waals surface area contributed by atoms with E-state index in [1.807, 2.05) is 0 Å². The number of anilines is 1. The molecule has 0 bridgehead atoms. The average molecular weight is 536 g/mol. The summed E-state index contributed by atoms with van der Waals surface area (Å²) in [6.07, 6.45) is -3.50. The number of hydrogen-bond donors (Lipinski definition) is 1. The van der Waals surface area contributed by atoms with Gasteiger partial charge in [0.05, 0.1) is 36.6 Å². The molecule has 0 unspecified atom stereocenters. The van der Waals surface area contributed by atoms with Crippen LogP contribution in [0.15, 0.2) is 76.7 Å². The van der Waals surface area contributed by atoms with Crippen LogP contribution in [0.3, 0.4) is 0 Å². The van der Waals surface area contributed by atoms with Crippen LogP contribution < -0.4 is 19.2 Å². The normalized spacial score (nSPS) is 11.8. The molecule has 0 heterocycles. The van der Waals surface area contributed by atoms with Gasteiger partial charge < -0.3 is 9.47 Å². The molecule has 0 fully saturated rings. The van der Waals surface area contributed by atoms with Crippen molar-refractivity contribution in [3.05, 3.63) is 83.4 Å². The lowest BCUT2D eigenvalue weighted by Gasteiger charge is -2.24. The van der Waals surface area contributed by atoms with Gasteiger partial charge in [-0.1, -0.05) is 29.8 Å². The van der Waals surface area contributed by atoms with Crippen LogP contribution in [-0.2, 0) is 21.0 Å². The van der Waals surface area contributed by atoms with Crippen LogP contribution in [0.25, 0.3) is 0 Å². The third-order valence-corrected chi connectivity index (χ3v) is 6.96. The molecule has 0 atom stereocenters. The Morgan fingerprint density at radius 3 is 2.30 bits per heavy atom. The Morgan fingerprint density at radius 2 is 1.68 bits per heavy atom. The van der Waals surface area contributed by atoms with E-state index in [1.54, 1.807) is 19.1 Å². The number of aryl methyl sites for hydroxylation is 1. The zero-order valence-electron chi connectivity index (χ0n) is 20.1. The second-order valence-electron chi connectivity index (χ2n) is 7.78. The first-order chi connectivity index (χ1) is 17.5. The number of nitrogens with one attached hydrogen (secondary N) is 1. The highest BCUT2D eigenvalue weighted by Gasteiger charge is 2.30. The van der Waals surface area contributed by atoms with Gasteiger partial charge in [0.2, 0.25) is 0 Å². The molecule has 0 spiro atoms. The Kier molecular flexibility index (Phi) is 8.43. The van der Waals surface area contributed by atoms with Crippen molar-refractivity contribution in [3.63, 3.8) is 0 Å². The fraction of sp³-hybridized carbons (Fsp3) is 0.200. The summed E-state index contributed by atoms with van der Waals surface area (Å²) < 4.78 is 77.0. The molecule has 0 radical (unpaired) electrons. The predicted molar refractivity (Wildman–Crippen MR) is 132 cm³/mol. The monoisotopic (exact) mass is 535 g/mol. The molecule has 3 aromatic rings. The number of halogens is 3. The number of methoxy groups -OCH3 is 2. The first kappa shape index (κ1) is 27.5. The minimum atomic E-state index is -4.53. The zero-order chi connectivity index (χ0) is 27.2. The minimum absolute atomic E-state index is 0.0480. The van der Waals surface area contributed by atoms with Gasteiger partial charge in [-0.3, -0.25) is 9.10 Å². The van der Waals surface area contributed by atoms with Gasteiger partial charge in [-0.05, 0) is 48.9 Å². The fourth-order valence-electron chi connectivity index (χ4n) is 3.27. The third-order valence-electron chi connectivity index (χ3n) is 5.17. The van der Waals surface area contributed by atoms with Crippen LogP contribution in [0.5, 0.6) is 11.5 Å². The summed E-state index contributed by atoms with van der Waals surface area (Å²) in [6.45, 7) is 1.13. The summed E-state index contributed by atoms with van der Waals surface area (Å²) in [5.74, 6) is -0.227. The van der Waals surface area contributed by atoms with E-state index in [-0.39, 0.29) is 21.9 Å². The quantitative estimate of drug-likeness (QED) is 0.324. The first-order valence-electron chi connectivity index (χ1n) is 10.8. The SMILES string of the molecule is COc1ccc(N(CC(=O)N/N=C\c2cccc(C(F)(F)F)c2)S(=O)(=O)c2ccc(C)cc2)cc1OC. The van der Waals surface area contributed by atoms with Crippen molar-refractivity contribution in [2.24, 2.45) is 5.10 Å². The number of nitrogens with zero attached hydrogens (tertiary/aromatic N) is 2. The third kappa shape index (κ3) is 6.79. The molecule has 12 heteroatoms. The molecule has 0 aliphatic carbocycles. The summed E-state index contributed by atoms with van der Waals surface area (Å²) in [5.41, 5.74) is 2.35. The van der Waals surface area contributed by atoms with Gasteiger partial charge in [0.1, 0.15) is 6.54 Å². The van der Waals surface area contributed by atoms with Gasteiger partial charge in [0.25, 0.3) is 15.9 Å². The number of benzene rings is 3. The summed E-state index contributed by atoms with van der Waals surface area (Å²) in [4.78, 5) is 12.6. The van der Waals surface area contributed by atoms with E-state index in [4.69, 9.17) is 9.47 Å². The molecule has 3 aromatic carbocycles. The Hall–Kier alpha value is -4.06. The van der Waals surface area contributed by atoms with Crippen molar-refractivity contribution in [2.75, 3.05) is 25.1 Å². The summed E-state index contributed by atoms with van der Waals surface area (Å²) in [7, 11) is -1.40. The fourth-order valence-corrected chi connectivity index (χ4v) is 4.69. The van der Waals surface area contributed by atoms with Gasteiger partial charge in [0, 0.05) is 6.07 Å². The van der Waals surface area contributed by atoms with Crippen molar-refractivity contribution < 1.29 is 35.9 Å². The van der Waals surface area contributed by atoms with Gasteiger partial charge in [0.15, 0.2) is 11.5 Å². The van der Waals surface area contributed by atoms with Crippen molar-refractivity contribution in [1.82, 2.24) is 5.43 Å². The maximum Gasteiger partial charge on any atom is 0.416 e. The Labute approximate surface area is 212 Å². The first-order valence-corrected chi connectivity index (χ1v) is 12.2. The molecule has 1 N–H and O–H groups in total. The number of carbonyl (C=O) groups is 1. The maximum atomic E-state index is 13.5. The maximum absolute atomic E-state index is 13.5. The highest BCUT2D eigenvalue weighted by molar-refractivity contribution is 7.92. The minimum Gasteiger partial charge on any atom is -0.493 e. The molecule has 1 amide bonds. The number of alkyl halides is 3. The van der Waals surface area contributed by atoms with E-state index in [0.717, 1.165) is 28.2 Å². The van der Waals surface area contributed by atoms with Gasteiger partial charge in [-0.25, -0.2) is 13.8 Å². The highest BCUT2D eigenvalue weighted by Crippen LogP contribution is 2.34. The number of hydrogen-bond acceptors (Lipinski definition) is 6. The Balaban J connectivity index is 1.89. The van der Waals surface area contributed by atoms with E-state index < -0.39 is 34.2 Å². The number of ether oxygens (including phenoxy) is 2. The van der Waals surface area contributed by atoms with Gasteiger partial charge in [-0.15, -0.1) is 0 Å². The van der Waals surface area contributed by atoms with E-state index in [0.29, 0.717) is 5.75 Å². The molecule has 37 heavy (non-hydrogen) atoms. The molecular weight excluding hydrogens is 511 g/mol. The molecule has 3 rings (SSSR count). The molecule has 8 nitrogen and oxygen atoms in total. The number of sulfonamides is 1. The van der Waals surface area contributed by atoms with Gasteiger partial charge >= 0.3 is 6.18 Å². The van der Waals surface area contributed by atoms with Crippen molar-refractivity contribution in [1.29, 1.82) is 0 Å². The lowest BCUT2D eigenvalue weighted by molar-refractivity contribution is -0.137. The second-order valence-corrected chi connectivity index (χ2v) is 9.64. The van der Waals surface area contributed by atoms with Crippen LogP contribution >= 0.6 is 0 Å². The number of rotatable bonds is 9. The summed E-state index contributed by atoms with van der Waals surface area (Å²) in [5, 5.41) is 3.68. The lowest BCUT2D eigenvalue weighted by atomic mass is 10.1. The number of carbonyl (C=O) groups excluding carboxylic acids is 1. The standard InChI is InChI=1S/C25H24F3N3O5S/c1-17-7-10-21(11-8-17)37(33,34)31(20-9-12-22(35-2)23(14-20)36-3)16-24(32)30-29-15-18-5-4-6-19(13-18)25(26,27)28/h4-15H,16H2,1-3H3,(H,30,32)/b29-15-. The molecule has 0 saturated carbocycles. The van der Waals surface area contributed by atoms with Crippen LogP contribution in [0.1, 0.15) is 16.7 Å². The summed E-state index contributed by atoms with van der Waals surface area (Å²) in [6, 6.07) is 14.8. The Morgan fingerprint density at radius 1 is 1.00 bits per heavy atom. The van der Waals surface area contributed by atoms with Crippen molar-refractivity contribution in [3.8, 4) is 11.5 Å². The van der Waals surface area contributed by atoms with E-state index >= 15 is 0 Å². The number of amides is 1. The van der Waals surface area contributed by atoms with Crippen molar-refractivity contribution >= 4 is 27.8 Å². The van der Waals surface area contributed by atoms with Crippen LogP contribution in [0, 0.1) is 6.92 Å². The van der Waals surface area contributed by atoms with Crippen LogP contribution in [-0.4, -0.2) is 41.3 Å². The smallest absolute Gasteiger partial charge is 0.416 e. The average Bonchev–Trinajstić information content (AvgIpc) is 2.86. The van der Waals surface area contributed by atoms with Crippen LogP contribution in [0.2, 0.25) is 0 Å². The summed E-state index contributed by atoms with van der Waals surface area (Å²) >= 11 is 0. The van der Waals surface area contributed by atoms with E-state index in [1.165, 1.54) is 56.7 Å². The molecule has 0 aromatic heterocycles. The number of hydrazone groups is 1. The highest BCUT2D eigenvalue weighted by atomic mass is 32.2. The predicted octanol–water partition coefficient (Wildman–Crippen LogP) is 4.38. The molecule has 196 valence electrons. The Bertz CT molecular complexity index is 1390. The van der Waals surface area contributed by atoms with Crippen molar-refractivity contribution in [2.45, 2.75) is 18.0 Å². The van der Waals surface area contributed by atoms with Crippen LogP contribution in [0.4, 0.5) is 18.9 Å². The van der Waals surface area contributed by atoms with E-state index in [9.17, 15) is 26.4 Å². The second kappa shape index (κ2) is 11.3.